The molecule has 1 saturated heterocycles. The van der Waals surface area contributed by atoms with Crippen LogP contribution in [0.4, 0.5) is 5.82 Å². The summed E-state index contributed by atoms with van der Waals surface area (Å²) in [4.78, 5) is 24.7. The molecule has 31 heavy (non-hydrogen) atoms. The van der Waals surface area contributed by atoms with Crippen molar-refractivity contribution in [2.24, 2.45) is 0 Å². The Labute approximate surface area is 181 Å². The molecule has 1 aliphatic rings. The Morgan fingerprint density at radius 1 is 1.13 bits per heavy atom. The average molecular weight is 422 g/mol. The fourth-order valence-corrected chi connectivity index (χ4v) is 3.72. The Kier molecular flexibility index (Phi) is 6.59. The summed E-state index contributed by atoms with van der Waals surface area (Å²) in [7, 11) is 2.17. The third-order valence-electron chi connectivity index (χ3n) is 5.50. The van der Waals surface area contributed by atoms with Gasteiger partial charge in [0.25, 0.3) is 0 Å². The third kappa shape index (κ3) is 5.48. The molecule has 0 unspecified atom stereocenters. The van der Waals surface area contributed by atoms with Gasteiger partial charge in [-0.05, 0) is 55.1 Å². The number of nitrogens with one attached hydrogen (secondary N) is 1. The number of benzene rings is 2. The van der Waals surface area contributed by atoms with Crippen LogP contribution in [0.25, 0.3) is 10.8 Å². The van der Waals surface area contributed by atoms with E-state index in [1.54, 1.807) is 30.3 Å². The molecular formula is C23H27N5O3. The van der Waals surface area contributed by atoms with Crippen LogP contribution in [0.5, 0.6) is 11.6 Å². The van der Waals surface area contributed by atoms with Crippen molar-refractivity contribution in [2.75, 3.05) is 51.6 Å². The number of likely N-dealkylation sites (N-methyl/N-ethyl adjacent to an activating group) is 1. The largest absolute Gasteiger partial charge is 0.478 e. The highest BCUT2D eigenvalue weighted by Gasteiger charge is 2.13. The Bertz CT molecular complexity index is 1050. The summed E-state index contributed by atoms with van der Waals surface area (Å²) in [6.45, 7) is 6.42. The molecule has 0 saturated carbocycles. The highest BCUT2D eigenvalue weighted by Crippen LogP contribution is 2.27. The molecule has 1 aromatic heterocycles. The number of aromatic nitrogens is 2. The van der Waals surface area contributed by atoms with E-state index in [1.165, 1.54) is 6.33 Å². The van der Waals surface area contributed by atoms with Gasteiger partial charge in [-0.25, -0.2) is 14.8 Å². The highest BCUT2D eigenvalue weighted by molar-refractivity contribution is 6.03. The van der Waals surface area contributed by atoms with Gasteiger partial charge in [-0.2, -0.15) is 0 Å². The molecule has 1 aliphatic heterocycles. The predicted molar refractivity (Wildman–Crippen MR) is 120 cm³/mol. The molecule has 4 rings (SSSR count). The number of carboxylic acids is 1. The number of carbonyl (C=O) groups is 1. The minimum atomic E-state index is -0.946. The van der Waals surface area contributed by atoms with Crippen molar-refractivity contribution in [1.29, 1.82) is 0 Å². The lowest BCUT2D eigenvalue weighted by Crippen LogP contribution is -2.44. The van der Waals surface area contributed by atoms with Crippen LogP contribution >= 0.6 is 0 Å². The van der Waals surface area contributed by atoms with E-state index in [2.05, 4.69) is 32.1 Å². The zero-order valence-corrected chi connectivity index (χ0v) is 17.6. The first-order valence-electron chi connectivity index (χ1n) is 10.5. The molecule has 162 valence electrons. The standard InChI is InChI=1S/C23H27N5O3/c1-27-10-12-28(13-11-27)9-3-8-24-21-15-22(26-16-25-21)31-18-6-7-19-17(14-18)4-2-5-20(19)23(29)30/h2,4-7,14-16H,3,8-13H2,1H3,(H,29,30)(H,24,25,26). The summed E-state index contributed by atoms with van der Waals surface area (Å²) in [6.07, 6.45) is 2.52. The molecule has 2 aromatic carbocycles. The monoisotopic (exact) mass is 421 g/mol. The number of rotatable bonds is 8. The first-order valence-corrected chi connectivity index (χ1v) is 10.5. The maximum atomic E-state index is 11.4. The minimum Gasteiger partial charge on any atom is -0.478 e. The second-order valence-corrected chi connectivity index (χ2v) is 7.76. The van der Waals surface area contributed by atoms with E-state index in [1.807, 2.05) is 12.1 Å². The lowest BCUT2D eigenvalue weighted by atomic mass is 10.0. The first-order chi connectivity index (χ1) is 15.1. The SMILES string of the molecule is CN1CCN(CCCNc2cc(Oc3ccc4c(C(=O)O)cccc4c3)ncn2)CC1. The van der Waals surface area contributed by atoms with Crippen molar-refractivity contribution in [1.82, 2.24) is 19.8 Å². The van der Waals surface area contributed by atoms with Gasteiger partial charge in [0.2, 0.25) is 5.88 Å². The van der Waals surface area contributed by atoms with Crippen molar-refractivity contribution in [3.63, 3.8) is 0 Å². The molecule has 2 heterocycles. The van der Waals surface area contributed by atoms with Gasteiger partial charge in [0.1, 0.15) is 17.9 Å². The van der Waals surface area contributed by atoms with Crippen molar-refractivity contribution in [3.8, 4) is 11.6 Å². The van der Waals surface area contributed by atoms with Gasteiger partial charge in [-0.3, -0.25) is 0 Å². The Hall–Kier alpha value is -3.23. The fraction of sp³-hybridized carbons (Fsp3) is 0.348. The molecule has 2 N–H and O–H groups in total. The lowest BCUT2D eigenvalue weighted by Gasteiger charge is -2.32. The van der Waals surface area contributed by atoms with E-state index in [0.29, 0.717) is 17.0 Å². The molecule has 8 heteroatoms. The molecule has 0 spiro atoms. The second kappa shape index (κ2) is 9.72. The van der Waals surface area contributed by atoms with E-state index in [9.17, 15) is 9.90 Å². The van der Waals surface area contributed by atoms with Crippen LogP contribution in [0, 0.1) is 0 Å². The highest BCUT2D eigenvalue weighted by atomic mass is 16.5. The molecule has 0 bridgehead atoms. The fourth-order valence-electron chi connectivity index (χ4n) is 3.72. The van der Waals surface area contributed by atoms with Crippen LogP contribution in [-0.4, -0.2) is 77.2 Å². The van der Waals surface area contributed by atoms with Crippen molar-refractivity contribution >= 4 is 22.6 Å². The third-order valence-corrected chi connectivity index (χ3v) is 5.50. The summed E-state index contributed by atoms with van der Waals surface area (Å²) in [5, 5.41) is 14.1. The predicted octanol–water partition coefficient (Wildman–Crippen LogP) is 3.17. The maximum absolute atomic E-state index is 11.4. The van der Waals surface area contributed by atoms with E-state index in [-0.39, 0.29) is 5.56 Å². The van der Waals surface area contributed by atoms with Gasteiger partial charge in [0.05, 0.1) is 5.56 Å². The molecule has 0 radical (unpaired) electrons. The van der Waals surface area contributed by atoms with Crippen molar-refractivity contribution < 1.29 is 14.6 Å². The summed E-state index contributed by atoms with van der Waals surface area (Å²) < 4.78 is 5.89. The number of piperazine rings is 1. The van der Waals surface area contributed by atoms with E-state index < -0.39 is 5.97 Å². The normalized spacial score (nSPS) is 15.1. The molecule has 0 amide bonds. The maximum Gasteiger partial charge on any atom is 0.336 e. The van der Waals surface area contributed by atoms with E-state index >= 15 is 0 Å². The summed E-state index contributed by atoms with van der Waals surface area (Å²) >= 11 is 0. The van der Waals surface area contributed by atoms with Gasteiger partial charge in [0.15, 0.2) is 0 Å². The van der Waals surface area contributed by atoms with Crippen LogP contribution in [-0.2, 0) is 0 Å². The number of nitrogens with zero attached hydrogens (tertiary/aromatic N) is 4. The van der Waals surface area contributed by atoms with Gasteiger partial charge >= 0.3 is 5.97 Å². The average Bonchev–Trinajstić information content (AvgIpc) is 2.77. The number of ether oxygens (including phenoxy) is 1. The Morgan fingerprint density at radius 2 is 1.97 bits per heavy atom. The van der Waals surface area contributed by atoms with Gasteiger partial charge < -0.3 is 25.0 Å². The van der Waals surface area contributed by atoms with Crippen LogP contribution in [0.1, 0.15) is 16.8 Å². The molecule has 1 fully saturated rings. The van der Waals surface area contributed by atoms with Gasteiger partial charge in [-0.15, -0.1) is 0 Å². The summed E-state index contributed by atoms with van der Waals surface area (Å²) in [5.41, 5.74) is 0.272. The molecule has 0 aliphatic carbocycles. The van der Waals surface area contributed by atoms with Gasteiger partial charge in [0, 0.05) is 38.8 Å². The van der Waals surface area contributed by atoms with Gasteiger partial charge in [-0.1, -0.05) is 12.1 Å². The van der Waals surface area contributed by atoms with E-state index in [0.717, 1.165) is 56.9 Å². The number of carboxylic acid groups (broad SMARTS) is 1. The van der Waals surface area contributed by atoms with Crippen LogP contribution in [0.2, 0.25) is 0 Å². The van der Waals surface area contributed by atoms with Crippen molar-refractivity contribution in [3.05, 3.63) is 54.4 Å². The van der Waals surface area contributed by atoms with Crippen LogP contribution < -0.4 is 10.1 Å². The number of anilines is 1. The number of aromatic carboxylic acids is 1. The molecule has 0 atom stereocenters. The topological polar surface area (TPSA) is 90.8 Å². The molecule has 3 aromatic rings. The summed E-state index contributed by atoms with van der Waals surface area (Å²) in [6, 6.07) is 12.3. The summed E-state index contributed by atoms with van der Waals surface area (Å²) in [5.74, 6) is 0.802. The van der Waals surface area contributed by atoms with Crippen LogP contribution in [0.3, 0.4) is 0 Å². The lowest BCUT2D eigenvalue weighted by molar-refractivity contribution is 0.0699. The zero-order chi connectivity index (χ0) is 21.6. The molecular weight excluding hydrogens is 394 g/mol. The second-order valence-electron chi connectivity index (χ2n) is 7.76. The molecule has 8 nitrogen and oxygen atoms in total. The van der Waals surface area contributed by atoms with Crippen molar-refractivity contribution in [2.45, 2.75) is 6.42 Å². The van der Waals surface area contributed by atoms with Crippen LogP contribution in [0.15, 0.2) is 48.8 Å². The first kappa shape index (κ1) is 21.0. The Balaban J connectivity index is 1.33. The van der Waals surface area contributed by atoms with E-state index in [4.69, 9.17) is 4.74 Å². The zero-order valence-electron chi connectivity index (χ0n) is 17.6. The number of fused-ring (bicyclic) bond motifs is 1. The number of hydrogen-bond acceptors (Lipinski definition) is 7. The number of hydrogen-bond donors (Lipinski definition) is 2. The minimum absolute atomic E-state index is 0.272. The Morgan fingerprint density at radius 3 is 2.77 bits per heavy atom. The smallest absolute Gasteiger partial charge is 0.336 e. The quantitative estimate of drug-likeness (QED) is 0.536.